The largest absolute Gasteiger partial charge is 0.340 e. The molecule has 4 nitrogen and oxygen atoms in total. The molecule has 0 aliphatic carbocycles. The summed E-state index contributed by atoms with van der Waals surface area (Å²) in [6.45, 7) is 6.08. The molecule has 1 heterocycles. The molecule has 0 saturated heterocycles. The fraction of sp³-hybridized carbons (Fsp3) is 0.158. The Morgan fingerprint density at radius 2 is 1.62 bits per heavy atom. The third-order valence-electron chi connectivity index (χ3n) is 3.68. The first-order valence-corrected chi connectivity index (χ1v) is 8.52. The van der Waals surface area contributed by atoms with Gasteiger partial charge < -0.3 is 10.6 Å². The number of benzene rings is 2. The summed E-state index contributed by atoms with van der Waals surface area (Å²) in [7, 11) is 0. The summed E-state index contributed by atoms with van der Waals surface area (Å²) in [6.07, 6.45) is 0. The van der Waals surface area contributed by atoms with Gasteiger partial charge in [-0.05, 0) is 56.2 Å². The zero-order chi connectivity index (χ0) is 17.1. The quantitative estimate of drug-likeness (QED) is 0.611. The summed E-state index contributed by atoms with van der Waals surface area (Å²) in [4.78, 5) is 9.05. The van der Waals surface area contributed by atoms with Crippen LogP contribution >= 0.6 is 15.9 Å². The number of halogens is 1. The Bertz CT molecular complexity index is 877. The van der Waals surface area contributed by atoms with Gasteiger partial charge in [-0.2, -0.15) is 4.98 Å². The van der Waals surface area contributed by atoms with Crippen LogP contribution in [0.3, 0.4) is 0 Å². The van der Waals surface area contributed by atoms with Crippen molar-refractivity contribution in [2.45, 2.75) is 20.8 Å². The van der Waals surface area contributed by atoms with E-state index in [0.717, 1.165) is 32.9 Å². The van der Waals surface area contributed by atoms with Crippen LogP contribution < -0.4 is 10.6 Å². The molecule has 2 N–H and O–H groups in total. The molecule has 0 radical (unpaired) electrons. The fourth-order valence-corrected chi connectivity index (χ4v) is 2.64. The number of nitrogens with zero attached hydrogens (tertiary/aromatic N) is 2. The lowest BCUT2D eigenvalue weighted by atomic mass is 10.2. The number of aromatic nitrogens is 2. The van der Waals surface area contributed by atoms with Crippen LogP contribution in [0.2, 0.25) is 0 Å². The Balaban J connectivity index is 1.86. The smallest absolute Gasteiger partial charge is 0.229 e. The van der Waals surface area contributed by atoms with Gasteiger partial charge in [-0.1, -0.05) is 34.1 Å². The number of rotatable bonds is 4. The van der Waals surface area contributed by atoms with E-state index in [1.807, 2.05) is 43.3 Å². The zero-order valence-electron chi connectivity index (χ0n) is 13.9. The fourth-order valence-electron chi connectivity index (χ4n) is 2.39. The van der Waals surface area contributed by atoms with Gasteiger partial charge in [-0.3, -0.25) is 0 Å². The highest BCUT2D eigenvalue weighted by Gasteiger charge is 2.05. The van der Waals surface area contributed by atoms with Crippen molar-refractivity contribution >= 4 is 39.1 Å². The van der Waals surface area contributed by atoms with Crippen molar-refractivity contribution in [3.8, 4) is 0 Å². The Hall–Kier alpha value is -2.40. The second-order valence-electron chi connectivity index (χ2n) is 5.75. The molecular weight excluding hydrogens is 364 g/mol. The molecule has 0 aliphatic heterocycles. The number of hydrogen-bond acceptors (Lipinski definition) is 4. The number of nitrogens with one attached hydrogen (secondary N) is 2. The van der Waals surface area contributed by atoms with E-state index >= 15 is 0 Å². The van der Waals surface area contributed by atoms with Crippen molar-refractivity contribution in [1.82, 2.24) is 9.97 Å². The van der Waals surface area contributed by atoms with E-state index in [2.05, 4.69) is 62.5 Å². The molecule has 0 spiro atoms. The van der Waals surface area contributed by atoms with Crippen LogP contribution in [0.4, 0.5) is 23.1 Å². The Morgan fingerprint density at radius 3 is 2.38 bits per heavy atom. The van der Waals surface area contributed by atoms with Crippen LogP contribution in [0, 0.1) is 20.8 Å². The first-order valence-electron chi connectivity index (χ1n) is 7.73. The monoisotopic (exact) mass is 382 g/mol. The van der Waals surface area contributed by atoms with E-state index in [0.29, 0.717) is 5.95 Å². The maximum Gasteiger partial charge on any atom is 0.229 e. The first-order chi connectivity index (χ1) is 11.5. The van der Waals surface area contributed by atoms with Gasteiger partial charge in [0.2, 0.25) is 5.95 Å². The number of hydrogen-bond donors (Lipinski definition) is 2. The summed E-state index contributed by atoms with van der Waals surface area (Å²) in [6, 6.07) is 16.1. The summed E-state index contributed by atoms with van der Waals surface area (Å²) in [5.41, 5.74) is 5.23. The number of aryl methyl sites for hydroxylation is 3. The third kappa shape index (κ3) is 3.92. The topological polar surface area (TPSA) is 49.8 Å². The average molecular weight is 383 g/mol. The maximum atomic E-state index is 4.57. The van der Waals surface area contributed by atoms with Crippen molar-refractivity contribution < 1.29 is 0 Å². The Morgan fingerprint density at radius 1 is 0.833 bits per heavy atom. The molecule has 5 heteroatoms. The number of anilines is 4. The predicted octanol–water partition coefficient (Wildman–Crippen LogP) is 5.65. The normalized spacial score (nSPS) is 10.5. The van der Waals surface area contributed by atoms with Gasteiger partial charge in [0.25, 0.3) is 0 Å². The minimum absolute atomic E-state index is 0.584. The molecule has 3 rings (SSSR count). The highest BCUT2D eigenvalue weighted by atomic mass is 79.9. The predicted molar refractivity (Wildman–Crippen MR) is 103 cm³/mol. The van der Waals surface area contributed by atoms with Crippen LogP contribution in [0.15, 0.2) is 53.0 Å². The summed E-state index contributed by atoms with van der Waals surface area (Å²) < 4.78 is 1.09. The zero-order valence-corrected chi connectivity index (χ0v) is 15.5. The summed E-state index contributed by atoms with van der Waals surface area (Å²) in [5, 5.41) is 6.63. The molecule has 0 unspecified atom stereocenters. The van der Waals surface area contributed by atoms with E-state index in [1.165, 1.54) is 5.56 Å². The van der Waals surface area contributed by atoms with E-state index < -0.39 is 0 Å². The summed E-state index contributed by atoms with van der Waals surface area (Å²) in [5.74, 6) is 1.35. The second-order valence-corrected chi connectivity index (χ2v) is 6.60. The van der Waals surface area contributed by atoms with Crippen LogP contribution in [0.5, 0.6) is 0 Å². The van der Waals surface area contributed by atoms with E-state index in [4.69, 9.17) is 0 Å². The van der Waals surface area contributed by atoms with Crippen molar-refractivity contribution in [2.24, 2.45) is 0 Å². The van der Waals surface area contributed by atoms with Gasteiger partial charge in [0.1, 0.15) is 5.82 Å². The van der Waals surface area contributed by atoms with Gasteiger partial charge >= 0.3 is 0 Å². The van der Waals surface area contributed by atoms with Crippen LogP contribution in [-0.4, -0.2) is 9.97 Å². The molecule has 0 atom stereocenters. The van der Waals surface area contributed by atoms with Crippen molar-refractivity contribution in [3.05, 3.63) is 69.8 Å². The lowest BCUT2D eigenvalue weighted by Gasteiger charge is -2.12. The third-order valence-corrected chi connectivity index (χ3v) is 4.57. The van der Waals surface area contributed by atoms with Gasteiger partial charge in [0.05, 0.1) is 0 Å². The molecule has 0 bridgehead atoms. The lowest BCUT2D eigenvalue weighted by molar-refractivity contribution is 1.10. The van der Waals surface area contributed by atoms with E-state index in [9.17, 15) is 0 Å². The van der Waals surface area contributed by atoms with Crippen molar-refractivity contribution in [3.63, 3.8) is 0 Å². The Labute approximate surface area is 150 Å². The van der Waals surface area contributed by atoms with Gasteiger partial charge in [0.15, 0.2) is 0 Å². The van der Waals surface area contributed by atoms with Crippen LogP contribution in [-0.2, 0) is 0 Å². The van der Waals surface area contributed by atoms with Gasteiger partial charge in [0, 0.05) is 27.6 Å². The number of para-hydroxylation sites is 1. The van der Waals surface area contributed by atoms with E-state index in [-0.39, 0.29) is 0 Å². The lowest BCUT2D eigenvalue weighted by Crippen LogP contribution is -2.03. The standard InChI is InChI=1S/C19H19BrN4/c1-12-6-4-5-7-17(12)23-19-21-14(3)11-18(24-19)22-15-8-9-16(20)13(2)10-15/h4-11H,1-3H3,(H2,21,22,23,24). The molecule has 0 fully saturated rings. The molecule has 2 aromatic carbocycles. The van der Waals surface area contributed by atoms with Gasteiger partial charge in [-0.25, -0.2) is 4.98 Å². The molecular formula is C19H19BrN4. The van der Waals surface area contributed by atoms with Crippen LogP contribution in [0.25, 0.3) is 0 Å². The minimum atomic E-state index is 0.584. The van der Waals surface area contributed by atoms with Crippen LogP contribution in [0.1, 0.15) is 16.8 Å². The first kappa shape index (κ1) is 16.5. The molecule has 0 aliphatic rings. The maximum absolute atomic E-state index is 4.57. The SMILES string of the molecule is Cc1cc(Nc2ccc(Br)c(C)c2)nc(Nc2ccccc2C)n1. The molecule has 122 valence electrons. The molecule has 1 aromatic heterocycles. The highest BCUT2D eigenvalue weighted by molar-refractivity contribution is 9.10. The minimum Gasteiger partial charge on any atom is -0.340 e. The van der Waals surface area contributed by atoms with Crippen molar-refractivity contribution in [1.29, 1.82) is 0 Å². The van der Waals surface area contributed by atoms with E-state index in [1.54, 1.807) is 0 Å². The highest BCUT2D eigenvalue weighted by Crippen LogP contribution is 2.24. The summed E-state index contributed by atoms with van der Waals surface area (Å²) >= 11 is 3.52. The Kier molecular flexibility index (Phi) is 4.81. The second kappa shape index (κ2) is 7.01. The average Bonchev–Trinajstić information content (AvgIpc) is 2.53. The molecule has 0 saturated carbocycles. The molecule has 24 heavy (non-hydrogen) atoms. The molecule has 0 amide bonds. The van der Waals surface area contributed by atoms with Gasteiger partial charge in [-0.15, -0.1) is 0 Å². The van der Waals surface area contributed by atoms with Crippen molar-refractivity contribution in [2.75, 3.05) is 10.6 Å². The molecule has 3 aromatic rings.